The van der Waals surface area contributed by atoms with E-state index < -0.39 is 0 Å². The first-order chi connectivity index (χ1) is 8.34. The van der Waals surface area contributed by atoms with Gasteiger partial charge in [-0.1, -0.05) is 12.8 Å². The number of nitrogens with one attached hydrogen (secondary N) is 1. The molecule has 0 spiro atoms. The quantitative estimate of drug-likeness (QED) is 0.879. The summed E-state index contributed by atoms with van der Waals surface area (Å²) in [6.07, 6.45) is 7.02. The van der Waals surface area contributed by atoms with E-state index in [1.54, 1.807) is 0 Å². The zero-order valence-electron chi connectivity index (χ0n) is 9.56. The van der Waals surface area contributed by atoms with Crippen LogP contribution >= 0.6 is 15.9 Å². The molecule has 1 unspecified atom stereocenters. The fraction of sp³-hybridized carbons (Fsp3) is 0.500. The predicted molar refractivity (Wildman–Crippen MR) is 69.9 cm³/mol. The third-order valence-corrected chi connectivity index (χ3v) is 3.73. The molecule has 2 aromatic rings. The maximum Gasteiger partial charge on any atom is 0.160 e. The lowest BCUT2D eigenvalue weighted by Gasteiger charge is -2.13. The summed E-state index contributed by atoms with van der Waals surface area (Å²) in [6, 6.07) is 4.31. The van der Waals surface area contributed by atoms with E-state index in [1.807, 2.05) is 18.3 Å². The molecule has 1 N–H and O–H groups in total. The van der Waals surface area contributed by atoms with Crippen LogP contribution in [0.25, 0.3) is 5.65 Å². The lowest BCUT2D eigenvalue weighted by molar-refractivity contribution is 0.503. The van der Waals surface area contributed by atoms with E-state index in [2.05, 4.69) is 35.8 Å². The van der Waals surface area contributed by atoms with E-state index >= 15 is 0 Å². The molecule has 0 bridgehead atoms. The standard InChI is InChI=1S/C12H15BrN4/c13-9-5-6-11-15-16-12(17(11)8-9)10-4-2-1-3-7-14-10/h5-6,8,10,14H,1-4,7H2. The first-order valence-electron chi connectivity index (χ1n) is 6.08. The van der Waals surface area contributed by atoms with Gasteiger partial charge in [-0.25, -0.2) is 0 Å². The molecule has 1 fully saturated rings. The molecule has 90 valence electrons. The van der Waals surface area contributed by atoms with Crippen molar-refractivity contribution in [3.8, 4) is 0 Å². The van der Waals surface area contributed by atoms with Gasteiger partial charge in [0.25, 0.3) is 0 Å². The Bertz CT molecular complexity index is 514. The minimum absolute atomic E-state index is 0.335. The second-order valence-corrected chi connectivity index (χ2v) is 5.41. The molecule has 0 aromatic carbocycles. The topological polar surface area (TPSA) is 42.2 Å². The zero-order chi connectivity index (χ0) is 11.7. The fourth-order valence-corrected chi connectivity index (χ4v) is 2.71. The van der Waals surface area contributed by atoms with Crippen LogP contribution in [-0.4, -0.2) is 21.1 Å². The molecule has 1 atom stereocenters. The average Bonchev–Trinajstić information content (AvgIpc) is 2.58. The highest BCUT2D eigenvalue weighted by Crippen LogP contribution is 2.22. The van der Waals surface area contributed by atoms with Crippen molar-refractivity contribution in [3.05, 3.63) is 28.6 Å². The first-order valence-corrected chi connectivity index (χ1v) is 6.87. The number of hydrogen-bond donors (Lipinski definition) is 1. The molecule has 2 aromatic heterocycles. The average molecular weight is 295 g/mol. The normalized spacial score (nSPS) is 21.6. The van der Waals surface area contributed by atoms with Crippen molar-refractivity contribution in [1.29, 1.82) is 0 Å². The lowest BCUT2D eigenvalue weighted by Crippen LogP contribution is -2.22. The second-order valence-electron chi connectivity index (χ2n) is 4.49. The van der Waals surface area contributed by atoms with Gasteiger partial charge in [-0.2, -0.15) is 0 Å². The summed E-state index contributed by atoms with van der Waals surface area (Å²) >= 11 is 3.49. The number of aromatic nitrogens is 3. The van der Waals surface area contributed by atoms with Gasteiger partial charge in [0.05, 0.1) is 6.04 Å². The molecular formula is C12H15BrN4. The summed E-state index contributed by atoms with van der Waals surface area (Å²) in [6.45, 7) is 1.08. The van der Waals surface area contributed by atoms with Crippen molar-refractivity contribution >= 4 is 21.6 Å². The third kappa shape index (κ3) is 2.21. The number of hydrogen-bond acceptors (Lipinski definition) is 3. The van der Waals surface area contributed by atoms with Gasteiger partial charge < -0.3 is 5.32 Å². The van der Waals surface area contributed by atoms with Crippen LogP contribution in [0.5, 0.6) is 0 Å². The number of pyridine rings is 1. The summed E-state index contributed by atoms with van der Waals surface area (Å²) in [4.78, 5) is 0. The van der Waals surface area contributed by atoms with Gasteiger partial charge in [0, 0.05) is 10.7 Å². The fourth-order valence-electron chi connectivity index (χ4n) is 2.37. The lowest BCUT2D eigenvalue weighted by atomic mass is 10.1. The Morgan fingerprint density at radius 3 is 3.12 bits per heavy atom. The first kappa shape index (κ1) is 11.2. The van der Waals surface area contributed by atoms with Crippen molar-refractivity contribution in [3.63, 3.8) is 0 Å². The molecule has 1 saturated heterocycles. The molecule has 17 heavy (non-hydrogen) atoms. The molecular weight excluding hydrogens is 280 g/mol. The minimum atomic E-state index is 0.335. The minimum Gasteiger partial charge on any atom is -0.307 e. The van der Waals surface area contributed by atoms with Gasteiger partial charge >= 0.3 is 0 Å². The predicted octanol–water partition coefficient (Wildman–Crippen LogP) is 2.70. The Morgan fingerprint density at radius 2 is 2.18 bits per heavy atom. The van der Waals surface area contributed by atoms with Crippen molar-refractivity contribution in [2.24, 2.45) is 0 Å². The molecule has 5 heteroatoms. The molecule has 3 heterocycles. The Hall–Kier alpha value is -0.940. The maximum atomic E-state index is 4.33. The monoisotopic (exact) mass is 294 g/mol. The SMILES string of the molecule is Brc1ccc2nnc(C3CCCCCN3)n2c1. The molecule has 4 nitrogen and oxygen atoms in total. The van der Waals surface area contributed by atoms with Crippen LogP contribution in [0, 0.1) is 0 Å². The number of rotatable bonds is 1. The Kier molecular flexibility index (Phi) is 3.11. The molecule has 3 rings (SSSR count). The van der Waals surface area contributed by atoms with Crippen molar-refractivity contribution in [1.82, 2.24) is 19.9 Å². The van der Waals surface area contributed by atoms with Crippen molar-refractivity contribution in [2.75, 3.05) is 6.54 Å². The van der Waals surface area contributed by atoms with E-state index in [1.165, 1.54) is 19.3 Å². The van der Waals surface area contributed by atoms with E-state index in [0.717, 1.165) is 28.9 Å². The second kappa shape index (κ2) is 4.74. The maximum absolute atomic E-state index is 4.33. The molecule has 1 aliphatic rings. The smallest absolute Gasteiger partial charge is 0.160 e. The van der Waals surface area contributed by atoms with Gasteiger partial charge in [-0.3, -0.25) is 4.40 Å². The summed E-state index contributed by atoms with van der Waals surface area (Å²) in [7, 11) is 0. The number of halogens is 1. The van der Waals surface area contributed by atoms with E-state index in [-0.39, 0.29) is 0 Å². The number of fused-ring (bicyclic) bond motifs is 1. The van der Waals surface area contributed by atoms with Crippen LogP contribution in [0.2, 0.25) is 0 Å². The largest absolute Gasteiger partial charge is 0.307 e. The highest BCUT2D eigenvalue weighted by molar-refractivity contribution is 9.10. The van der Waals surface area contributed by atoms with Crippen LogP contribution in [0.15, 0.2) is 22.8 Å². The molecule has 0 amide bonds. The van der Waals surface area contributed by atoms with Crippen molar-refractivity contribution in [2.45, 2.75) is 31.7 Å². The van der Waals surface area contributed by atoms with Gasteiger partial charge in [-0.05, 0) is 47.4 Å². The molecule has 0 radical (unpaired) electrons. The Balaban J connectivity index is 2.00. The third-order valence-electron chi connectivity index (χ3n) is 3.26. The van der Waals surface area contributed by atoms with E-state index in [0.29, 0.717) is 6.04 Å². The van der Waals surface area contributed by atoms with Gasteiger partial charge in [0.15, 0.2) is 11.5 Å². The van der Waals surface area contributed by atoms with Gasteiger partial charge in [-0.15, -0.1) is 10.2 Å². The van der Waals surface area contributed by atoms with E-state index in [4.69, 9.17) is 0 Å². The Labute approximate surface area is 109 Å². The van der Waals surface area contributed by atoms with Crippen molar-refractivity contribution < 1.29 is 0 Å². The van der Waals surface area contributed by atoms with Crippen LogP contribution in [-0.2, 0) is 0 Å². The van der Waals surface area contributed by atoms with Gasteiger partial charge in [0.2, 0.25) is 0 Å². The van der Waals surface area contributed by atoms with E-state index in [9.17, 15) is 0 Å². The highest BCUT2D eigenvalue weighted by Gasteiger charge is 2.19. The van der Waals surface area contributed by atoms with Crippen LogP contribution in [0.3, 0.4) is 0 Å². The molecule has 0 saturated carbocycles. The molecule has 0 aliphatic carbocycles. The molecule has 1 aliphatic heterocycles. The van der Waals surface area contributed by atoms with Crippen LogP contribution in [0.1, 0.15) is 37.5 Å². The summed E-state index contributed by atoms with van der Waals surface area (Å²) < 4.78 is 3.13. The zero-order valence-corrected chi connectivity index (χ0v) is 11.2. The Morgan fingerprint density at radius 1 is 1.24 bits per heavy atom. The highest BCUT2D eigenvalue weighted by atomic mass is 79.9. The summed E-state index contributed by atoms with van der Waals surface area (Å²) in [5.74, 6) is 1.03. The van der Waals surface area contributed by atoms with Crippen LogP contribution in [0.4, 0.5) is 0 Å². The van der Waals surface area contributed by atoms with Crippen LogP contribution < -0.4 is 5.32 Å². The summed E-state index contributed by atoms with van der Waals surface area (Å²) in [5.41, 5.74) is 0.911. The summed E-state index contributed by atoms with van der Waals surface area (Å²) in [5, 5.41) is 12.1. The number of nitrogens with zero attached hydrogens (tertiary/aromatic N) is 3. The van der Waals surface area contributed by atoms with Gasteiger partial charge in [0.1, 0.15) is 0 Å².